The number of nitrogens with two attached hydrogens (primary N) is 1. The molecule has 3 N–H and O–H groups in total. The van der Waals surface area contributed by atoms with Crippen LogP contribution in [0, 0.1) is 0 Å². The van der Waals surface area contributed by atoms with Gasteiger partial charge >= 0.3 is 0 Å². The van der Waals surface area contributed by atoms with Crippen LogP contribution in [0.2, 0.25) is 5.02 Å². The van der Waals surface area contributed by atoms with Crippen molar-refractivity contribution in [3.05, 3.63) is 28.8 Å². The molecule has 0 spiro atoms. The average Bonchev–Trinajstić information content (AvgIpc) is 2.08. The molecule has 4 heteroatoms. The van der Waals surface area contributed by atoms with Gasteiger partial charge in [0.25, 0.3) is 0 Å². The van der Waals surface area contributed by atoms with Crippen LogP contribution in [0.15, 0.2) is 18.2 Å². The quantitative estimate of drug-likeness (QED) is 0.779. The molecule has 13 heavy (non-hydrogen) atoms. The Morgan fingerprint density at radius 2 is 2.31 bits per heavy atom. The lowest BCUT2D eigenvalue weighted by atomic mass is 10.2. The van der Waals surface area contributed by atoms with Crippen molar-refractivity contribution in [2.75, 3.05) is 11.9 Å². The topological polar surface area (TPSA) is 55.1 Å². The van der Waals surface area contributed by atoms with Gasteiger partial charge in [0.1, 0.15) is 0 Å². The van der Waals surface area contributed by atoms with E-state index in [1.54, 1.807) is 18.2 Å². The number of halogens is 1. The van der Waals surface area contributed by atoms with Crippen LogP contribution in [0.5, 0.6) is 0 Å². The highest BCUT2D eigenvalue weighted by Gasteiger charge is 2.06. The molecule has 70 valence electrons. The summed E-state index contributed by atoms with van der Waals surface area (Å²) < 4.78 is 0. The normalized spacial score (nSPS) is 9.69. The summed E-state index contributed by atoms with van der Waals surface area (Å²) in [5, 5.41) is 3.45. The molecule has 1 rings (SSSR count). The SMILES string of the molecule is CCNc1ccc(Cl)c(C(N)=O)c1. The average molecular weight is 199 g/mol. The molecule has 0 saturated carbocycles. The molecular weight excluding hydrogens is 188 g/mol. The second-order valence-electron chi connectivity index (χ2n) is 2.59. The van der Waals surface area contributed by atoms with Gasteiger partial charge in [-0.15, -0.1) is 0 Å². The Morgan fingerprint density at radius 3 is 2.85 bits per heavy atom. The molecule has 0 aliphatic rings. The molecule has 3 nitrogen and oxygen atoms in total. The molecule has 1 amide bonds. The molecule has 0 bridgehead atoms. The number of primary amides is 1. The van der Waals surface area contributed by atoms with Crippen LogP contribution in [-0.2, 0) is 0 Å². The molecule has 0 atom stereocenters. The number of carbonyl (C=O) groups is 1. The van der Waals surface area contributed by atoms with Crippen molar-refractivity contribution in [2.45, 2.75) is 6.92 Å². The molecule has 0 saturated heterocycles. The molecule has 0 fully saturated rings. The first-order chi connectivity index (χ1) is 6.15. The summed E-state index contributed by atoms with van der Waals surface area (Å²) in [6.07, 6.45) is 0. The van der Waals surface area contributed by atoms with E-state index < -0.39 is 5.91 Å². The van der Waals surface area contributed by atoms with E-state index in [0.717, 1.165) is 12.2 Å². The maximum atomic E-state index is 10.9. The van der Waals surface area contributed by atoms with E-state index in [1.807, 2.05) is 6.92 Å². The van der Waals surface area contributed by atoms with Crippen molar-refractivity contribution in [1.82, 2.24) is 0 Å². The summed E-state index contributed by atoms with van der Waals surface area (Å²) in [5.41, 5.74) is 6.32. The number of carbonyl (C=O) groups excluding carboxylic acids is 1. The summed E-state index contributed by atoms with van der Waals surface area (Å²) in [6.45, 7) is 2.76. The lowest BCUT2D eigenvalue weighted by molar-refractivity contribution is 0.100. The summed E-state index contributed by atoms with van der Waals surface area (Å²) in [5.74, 6) is -0.509. The fourth-order valence-electron chi connectivity index (χ4n) is 1.03. The van der Waals surface area contributed by atoms with Crippen molar-refractivity contribution in [3.63, 3.8) is 0 Å². The molecular formula is C9H11ClN2O. The predicted molar refractivity (Wildman–Crippen MR) is 54.1 cm³/mol. The van der Waals surface area contributed by atoms with Crippen LogP contribution in [0.25, 0.3) is 0 Å². The maximum absolute atomic E-state index is 10.9. The fraction of sp³-hybridized carbons (Fsp3) is 0.222. The third-order valence-corrected chi connectivity index (χ3v) is 1.94. The van der Waals surface area contributed by atoms with Gasteiger partial charge < -0.3 is 11.1 Å². The number of rotatable bonds is 3. The van der Waals surface area contributed by atoms with Crippen LogP contribution < -0.4 is 11.1 Å². The lowest BCUT2D eigenvalue weighted by Crippen LogP contribution is -2.12. The summed E-state index contributed by atoms with van der Waals surface area (Å²) in [7, 11) is 0. The Kier molecular flexibility index (Phi) is 3.14. The van der Waals surface area contributed by atoms with E-state index in [-0.39, 0.29) is 0 Å². The Labute approximate surface area is 81.9 Å². The smallest absolute Gasteiger partial charge is 0.250 e. The molecule has 0 aliphatic carbocycles. The van der Waals surface area contributed by atoms with E-state index in [2.05, 4.69) is 5.32 Å². The number of benzene rings is 1. The van der Waals surface area contributed by atoms with E-state index in [9.17, 15) is 4.79 Å². The van der Waals surface area contributed by atoms with E-state index in [4.69, 9.17) is 17.3 Å². The van der Waals surface area contributed by atoms with Crippen LogP contribution in [0.3, 0.4) is 0 Å². The number of hydrogen-bond acceptors (Lipinski definition) is 2. The highest BCUT2D eigenvalue weighted by atomic mass is 35.5. The standard InChI is InChI=1S/C9H11ClN2O/c1-2-12-6-3-4-8(10)7(5-6)9(11)13/h3-5,12H,2H2,1H3,(H2,11,13). The fourth-order valence-corrected chi connectivity index (χ4v) is 1.24. The first kappa shape index (κ1) is 9.86. The van der Waals surface area contributed by atoms with Crippen molar-refractivity contribution >= 4 is 23.2 Å². The second kappa shape index (κ2) is 4.14. The van der Waals surface area contributed by atoms with Gasteiger partial charge in [0.2, 0.25) is 5.91 Å². The predicted octanol–water partition coefficient (Wildman–Crippen LogP) is 1.87. The molecule has 1 aromatic rings. The van der Waals surface area contributed by atoms with Gasteiger partial charge in [0.15, 0.2) is 0 Å². The molecule has 0 heterocycles. The lowest BCUT2D eigenvalue weighted by Gasteiger charge is -2.05. The molecule has 0 radical (unpaired) electrons. The van der Waals surface area contributed by atoms with Crippen LogP contribution in [0.1, 0.15) is 17.3 Å². The zero-order valence-electron chi connectivity index (χ0n) is 7.30. The minimum atomic E-state index is -0.509. The van der Waals surface area contributed by atoms with Gasteiger partial charge in [-0.3, -0.25) is 4.79 Å². The van der Waals surface area contributed by atoms with Crippen LogP contribution in [-0.4, -0.2) is 12.5 Å². The van der Waals surface area contributed by atoms with Gasteiger partial charge in [0, 0.05) is 12.2 Å². The van der Waals surface area contributed by atoms with Gasteiger partial charge in [-0.25, -0.2) is 0 Å². The minimum absolute atomic E-state index is 0.347. The summed E-state index contributed by atoms with van der Waals surface area (Å²) in [4.78, 5) is 10.9. The number of hydrogen-bond donors (Lipinski definition) is 2. The van der Waals surface area contributed by atoms with Crippen molar-refractivity contribution < 1.29 is 4.79 Å². The minimum Gasteiger partial charge on any atom is -0.385 e. The van der Waals surface area contributed by atoms with Crippen molar-refractivity contribution in [2.24, 2.45) is 5.73 Å². The number of amides is 1. The Bertz CT molecular complexity index is 325. The maximum Gasteiger partial charge on any atom is 0.250 e. The van der Waals surface area contributed by atoms with Gasteiger partial charge in [-0.2, -0.15) is 0 Å². The van der Waals surface area contributed by atoms with Crippen LogP contribution >= 0.6 is 11.6 Å². The Hall–Kier alpha value is -1.22. The third-order valence-electron chi connectivity index (χ3n) is 1.61. The van der Waals surface area contributed by atoms with E-state index in [1.165, 1.54) is 0 Å². The van der Waals surface area contributed by atoms with Crippen LogP contribution in [0.4, 0.5) is 5.69 Å². The van der Waals surface area contributed by atoms with Crippen molar-refractivity contribution in [3.8, 4) is 0 Å². The van der Waals surface area contributed by atoms with E-state index in [0.29, 0.717) is 10.6 Å². The zero-order chi connectivity index (χ0) is 9.84. The number of nitrogens with one attached hydrogen (secondary N) is 1. The second-order valence-corrected chi connectivity index (χ2v) is 3.00. The highest BCUT2D eigenvalue weighted by molar-refractivity contribution is 6.33. The Balaban J connectivity index is 3.04. The van der Waals surface area contributed by atoms with E-state index >= 15 is 0 Å². The van der Waals surface area contributed by atoms with Gasteiger partial charge in [0.05, 0.1) is 10.6 Å². The van der Waals surface area contributed by atoms with Crippen molar-refractivity contribution in [1.29, 1.82) is 0 Å². The monoisotopic (exact) mass is 198 g/mol. The zero-order valence-corrected chi connectivity index (χ0v) is 8.06. The Morgan fingerprint density at radius 1 is 1.62 bits per heavy atom. The molecule has 1 aromatic carbocycles. The first-order valence-corrected chi connectivity index (χ1v) is 4.36. The molecule has 0 aliphatic heterocycles. The number of anilines is 1. The third kappa shape index (κ3) is 2.36. The molecule has 0 aromatic heterocycles. The largest absolute Gasteiger partial charge is 0.385 e. The molecule has 0 unspecified atom stereocenters. The van der Waals surface area contributed by atoms with Gasteiger partial charge in [-0.1, -0.05) is 11.6 Å². The highest BCUT2D eigenvalue weighted by Crippen LogP contribution is 2.19. The van der Waals surface area contributed by atoms with Gasteiger partial charge in [-0.05, 0) is 25.1 Å². The summed E-state index contributed by atoms with van der Waals surface area (Å²) >= 11 is 5.76. The summed E-state index contributed by atoms with van der Waals surface area (Å²) in [6, 6.07) is 5.10. The first-order valence-electron chi connectivity index (χ1n) is 3.98.